The number of nitrogens with one attached hydrogen (secondary N) is 1. The summed E-state index contributed by atoms with van der Waals surface area (Å²) in [4.78, 5) is 4.21. The fourth-order valence-corrected chi connectivity index (χ4v) is 3.60. The number of rotatable bonds is 5. The highest BCUT2D eigenvalue weighted by Gasteiger charge is 2.28. The quantitative estimate of drug-likeness (QED) is 0.877. The van der Waals surface area contributed by atoms with Gasteiger partial charge in [-0.3, -0.25) is 0 Å². The lowest BCUT2D eigenvalue weighted by molar-refractivity contribution is 0.317. The largest absolute Gasteiger partial charge is 0.490 e. The van der Waals surface area contributed by atoms with E-state index in [9.17, 15) is 8.42 Å². The van der Waals surface area contributed by atoms with Crippen LogP contribution in [0.1, 0.15) is 19.8 Å². The summed E-state index contributed by atoms with van der Waals surface area (Å²) in [5, 5.41) is 3.16. The third-order valence-corrected chi connectivity index (χ3v) is 4.57. The zero-order chi connectivity index (χ0) is 13.0. The molecule has 100 valence electrons. The van der Waals surface area contributed by atoms with Gasteiger partial charge >= 0.3 is 0 Å². The zero-order valence-corrected chi connectivity index (χ0v) is 11.2. The first-order valence-corrected chi connectivity index (χ1v) is 7.97. The fourth-order valence-electron chi connectivity index (χ4n) is 1.93. The van der Waals surface area contributed by atoms with Crippen LogP contribution in [0.2, 0.25) is 0 Å². The molecule has 1 unspecified atom stereocenters. The molecule has 1 aliphatic rings. The van der Waals surface area contributed by atoms with Gasteiger partial charge in [0.15, 0.2) is 21.4 Å². The highest BCUT2D eigenvalue weighted by molar-refractivity contribution is 7.91. The number of hydrogen-bond donors (Lipinski definition) is 1. The van der Waals surface area contributed by atoms with Gasteiger partial charge < -0.3 is 10.1 Å². The van der Waals surface area contributed by atoms with Gasteiger partial charge in [0.05, 0.1) is 18.1 Å². The van der Waals surface area contributed by atoms with Crippen LogP contribution < -0.4 is 10.1 Å². The highest BCUT2D eigenvalue weighted by Crippen LogP contribution is 2.24. The number of pyridine rings is 1. The van der Waals surface area contributed by atoms with Crippen molar-refractivity contribution in [2.24, 2.45) is 0 Å². The average molecular weight is 270 g/mol. The van der Waals surface area contributed by atoms with E-state index in [4.69, 9.17) is 4.74 Å². The molecule has 0 radical (unpaired) electrons. The molecule has 2 heterocycles. The molecule has 1 N–H and O–H groups in total. The lowest BCUT2D eigenvalue weighted by Gasteiger charge is -2.15. The Morgan fingerprint density at radius 2 is 2.39 bits per heavy atom. The van der Waals surface area contributed by atoms with Crippen LogP contribution in [0.5, 0.6) is 5.75 Å². The molecule has 0 saturated carbocycles. The van der Waals surface area contributed by atoms with Crippen LogP contribution in [-0.2, 0) is 9.84 Å². The Morgan fingerprint density at radius 1 is 1.56 bits per heavy atom. The standard InChI is InChI=1S/C12H18N2O3S/c1-2-7-17-11-4-3-6-13-12(11)14-10-5-8-18(15,16)9-10/h3-4,6,10H,2,5,7-9H2,1H3,(H,13,14). The van der Waals surface area contributed by atoms with E-state index in [-0.39, 0.29) is 17.5 Å². The Morgan fingerprint density at radius 3 is 3.06 bits per heavy atom. The van der Waals surface area contributed by atoms with Crippen molar-refractivity contribution < 1.29 is 13.2 Å². The van der Waals surface area contributed by atoms with Gasteiger partial charge in [-0.25, -0.2) is 13.4 Å². The van der Waals surface area contributed by atoms with Crippen molar-refractivity contribution in [2.45, 2.75) is 25.8 Å². The molecule has 1 saturated heterocycles. The van der Waals surface area contributed by atoms with E-state index in [2.05, 4.69) is 10.3 Å². The van der Waals surface area contributed by atoms with Crippen LogP contribution in [-0.4, -0.2) is 37.6 Å². The van der Waals surface area contributed by atoms with Gasteiger partial charge in [0.1, 0.15) is 0 Å². The third-order valence-electron chi connectivity index (χ3n) is 2.81. The number of sulfone groups is 1. The first-order chi connectivity index (χ1) is 8.61. The van der Waals surface area contributed by atoms with E-state index >= 15 is 0 Å². The number of anilines is 1. The van der Waals surface area contributed by atoms with Crippen molar-refractivity contribution in [3.63, 3.8) is 0 Å². The number of ether oxygens (including phenoxy) is 1. The predicted molar refractivity (Wildman–Crippen MR) is 70.7 cm³/mol. The third kappa shape index (κ3) is 3.35. The molecular formula is C12H18N2O3S. The molecule has 6 heteroatoms. The minimum absolute atomic E-state index is 0.0612. The summed E-state index contributed by atoms with van der Waals surface area (Å²) in [5.74, 6) is 1.75. The van der Waals surface area contributed by atoms with Crippen LogP contribution in [0.3, 0.4) is 0 Å². The molecule has 1 aliphatic heterocycles. The summed E-state index contributed by atoms with van der Waals surface area (Å²) in [6.45, 7) is 2.66. The van der Waals surface area contributed by atoms with E-state index in [1.54, 1.807) is 6.20 Å². The molecule has 1 aromatic rings. The Bertz CT molecular complexity index is 502. The van der Waals surface area contributed by atoms with E-state index in [1.165, 1.54) is 0 Å². The van der Waals surface area contributed by atoms with Gasteiger partial charge in [-0.05, 0) is 25.0 Å². The van der Waals surface area contributed by atoms with Crippen LogP contribution in [0, 0.1) is 0 Å². The first-order valence-electron chi connectivity index (χ1n) is 6.15. The van der Waals surface area contributed by atoms with Crippen molar-refractivity contribution in [1.29, 1.82) is 0 Å². The molecule has 18 heavy (non-hydrogen) atoms. The minimum Gasteiger partial charge on any atom is -0.490 e. The van der Waals surface area contributed by atoms with Crippen LogP contribution in [0.4, 0.5) is 5.82 Å². The second-order valence-electron chi connectivity index (χ2n) is 4.44. The van der Waals surface area contributed by atoms with E-state index in [1.807, 2.05) is 19.1 Å². The molecule has 0 spiro atoms. The monoisotopic (exact) mass is 270 g/mol. The molecule has 5 nitrogen and oxygen atoms in total. The summed E-state index contributed by atoms with van der Waals surface area (Å²) in [6, 6.07) is 3.59. The summed E-state index contributed by atoms with van der Waals surface area (Å²) in [7, 11) is -2.88. The van der Waals surface area contributed by atoms with Gasteiger partial charge in [0.25, 0.3) is 0 Å². The Labute approximate surface area is 107 Å². The maximum absolute atomic E-state index is 11.4. The Kier molecular flexibility index (Phi) is 4.06. The molecule has 0 aromatic carbocycles. The van der Waals surface area contributed by atoms with Gasteiger partial charge in [0.2, 0.25) is 0 Å². The summed E-state index contributed by atoms with van der Waals surface area (Å²) < 4.78 is 28.4. The zero-order valence-electron chi connectivity index (χ0n) is 10.4. The smallest absolute Gasteiger partial charge is 0.168 e. The summed E-state index contributed by atoms with van der Waals surface area (Å²) >= 11 is 0. The normalized spacial score (nSPS) is 21.7. The molecule has 0 amide bonds. The maximum Gasteiger partial charge on any atom is 0.168 e. The molecule has 0 aliphatic carbocycles. The molecular weight excluding hydrogens is 252 g/mol. The average Bonchev–Trinajstić information content (AvgIpc) is 2.68. The second-order valence-corrected chi connectivity index (χ2v) is 6.67. The number of aromatic nitrogens is 1. The van der Waals surface area contributed by atoms with Gasteiger partial charge in [0, 0.05) is 12.2 Å². The van der Waals surface area contributed by atoms with Crippen molar-refractivity contribution in [1.82, 2.24) is 4.98 Å². The fraction of sp³-hybridized carbons (Fsp3) is 0.583. The molecule has 0 bridgehead atoms. The highest BCUT2D eigenvalue weighted by atomic mass is 32.2. The van der Waals surface area contributed by atoms with Crippen molar-refractivity contribution in [2.75, 3.05) is 23.4 Å². The van der Waals surface area contributed by atoms with Crippen LogP contribution in [0.25, 0.3) is 0 Å². The van der Waals surface area contributed by atoms with Gasteiger partial charge in [-0.15, -0.1) is 0 Å². The molecule has 1 fully saturated rings. The minimum atomic E-state index is -2.88. The van der Waals surface area contributed by atoms with Crippen LogP contribution >= 0.6 is 0 Å². The van der Waals surface area contributed by atoms with Crippen molar-refractivity contribution in [3.05, 3.63) is 18.3 Å². The Hall–Kier alpha value is -1.30. The summed E-state index contributed by atoms with van der Waals surface area (Å²) in [6.07, 6.45) is 3.23. The molecule has 2 rings (SSSR count). The van der Waals surface area contributed by atoms with Gasteiger partial charge in [-0.1, -0.05) is 6.92 Å². The predicted octanol–water partition coefficient (Wildman–Crippen LogP) is 1.47. The second kappa shape index (κ2) is 5.56. The van der Waals surface area contributed by atoms with Crippen molar-refractivity contribution >= 4 is 15.7 Å². The maximum atomic E-state index is 11.4. The molecule has 1 aromatic heterocycles. The Balaban J connectivity index is 2.05. The lowest BCUT2D eigenvalue weighted by Crippen LogP contribution is -2.21. The first kappa shape index (κ1) is 13.1. The SMILES string of the molecule is CCCOc1cccnc1NC1CCS(=O)(=O)C1. The topological polar surface area (TPSA) is 68.3 Å². The van der Waals surface area contributed by atoms with Crippen molar-refractivity contribution in [3.8, 4) is 5.75 Å². The van der Waals surface area contributed by atoms with E-state index in [0.717, 1.165) is 6.42 Å². The number of nitrogens with zero attached hydrogens (tertiary/aromatic N) is 1. The summed E-state index contributed by atoms with van der Waals surface area (Å²) in [5.41, 5.74) is 0. The lowest BCUT2D eigenvalue weighted by atomic mass is 10.2. The van der Waals surface area contributed by atoms with E-state index < -0.39 is 9.84 Å². The van der Waals surface area contributed by atoms with Crippen LogP contribution in [0.15, 0.2) is 18.3 Å². The molecule has 1 atom stereocenters. The van der Waals surface area contributed by atoms with Gasteiger partial charge in [-0.2, -0.15) is 0 Å². The van der Waals surface area contributed by atoms with E-state index in [0.29, 0.717) is 24.6 Å². The number of hydrogen-bond acceptors (Lipinski definition) is 5.